The third kappa shape index (κ3) is 4.37. The first-order valence-corrected chi connectivity index (χ1v) is 8.82. The van der Waals surface area contributed by atoms with Crippen LogP contribution in [-0.4, -0.2) is 19.3 Å². The molecule has 3 unspecified atom stereocenters. The summed E-state index contributed by atoms with van der Waals surface area (Å²) in [4.78, 5) is 0. The van der Waals surface area contributed by atoms with E-state index in [4.69, 9.17) is 9.47 Å². The van der Waals surface area contributed by atoms with Crippen LogP contribution in [-0.2, 0) is 11.3 Å². The van der Waals surface area contributed by atoms with Gasteiger partial charge in [0, 0.05) is 19.2 Å². The highest BCUT2D eigenvalue weighted by Crippen LogP contribution is 2.25. The number of hydrogen-bond acceptors (Lipinski definition) is 3. The second-order valence-electron chi connectivity index (χ2n) is 6.54. The van der Waals surface area contributed by atoms with E-state index in [2.05, 4.69) is 48.6 Å². The maximum Gasteiger partial charge on any atom is 0.119 e. The standard InChI is InChI=1S/C21H27NO2/c1-16(22-20-9-6-10-21(20)23-2)18-11-13-19(14-12-18)24-15-17-7-4-3-5-8-17/h3-5,7-8,11-14,16,20-22H,6,9-10,15H2,1-2H3. The highest BCUT2D eigenvalue weighted by atomic mass is 16.5. The zero-order valence-corrected chi connectivity index (χ0v) is 14.6. The average Bonchev–Trinajstić information content (AvgIpc) is 3.08. The Kier molecular flexibility index (Phi) is 5.89. The van der Waals surface area contributed by atoms with Crippen molar-refractivity contribution in [2.75, 3.05) is 7.11 Å². The molecule has 3 heteroatoms. The van der Waals surface area contributed by atoms with Gasteiger partial charge in [-0.15, -0.1) is 0 Å². The Morgan fingerprint density at radius 1 is 1.04 bits per heavy atom. The summed E-state index contributed by atoms with van der Waals surface area (Å²) >= 11 is 0. The summed E-state index contributed by atoms with van der Waals surface area (Å²) in [7, 11) is 1.81. The number of methoxy groups -OCH3 is 1. The van der Waals surface area contributed by atoms with Crippen LogP contribution in [0, 0.1) is 0 Å². The Morgan fingerprint density at radius 2 is 1.79 bits per heavy atom. The Hall–Kier alpha value is -1.84. The second kappa shape index (κ2) is 8.32. The van der Waals surface area contributed by atoms with Gasteiger partial charge in [-0.2, -0.15) is 0 Å². The number of benzene rings is 2. The van der Waals surface area contributed by atoms with Crippen LogP contribution in [0.4, 0.5) is 0 Å². The third-order valence-electron chi connectivity index (χ3n) is 4.85. The van der Waals surface area contributed by atoms with Crippen LogP contribution < -0.4 is 10.1 Å². The van der Waals surface area contributed by atoms with Crippen LogP contribution in [0.2, 0.25) is 0 Å². The first-order chi connectivity index (χ1) is 11.8. The van der Waals surface area contributed by atoms with Gasteiger partial charge in [0.05, 0.1) is 6.10 Å². The van der Waals surface area contributed by atoms with Gasteiger partial charge in [-0.3, -0.25) is 0 Å². The fraction of sp³-hybridized carbons (Fsp3) is 0.429. The quantitative estimate of drug-likeness (QED) is 0.814. The molecule has 2 aromatic rings. The van der Waals surface area contributed by atoms with E-state index in [1.54, 1.807) is 0 Å². The van der Waals surface area contributed by atoms with E-state index in [1.165, 1.54) is 24.0 Å². The molecular formula is C21H27NO2. The first kappa shape index (κ1) is 17.0. The molecule has 0 heterocycles. The smallest absolute Gasteiger partial charge is 0.119 e. The first-order valence-electron chi connectivity index (χ1n) is 8.82. The Morgan fingerprint density at radius 3 is 2.50 bits per heavy atom. The van der Waals surface area contributed by atoms with Crippen molar-refractivity contribution >= 4 is 0 Å². The molecule has 128 valence electrons. The zero-order chi connectivity index (χ0) is 16.8. The molecule has 0 spiro atoms. The van der Waals surface area contributed by atoms with E-state index in [0.717, 1.165) is 12.2 Å². The molecule has 0 bridgehead atoms. The van der Waals surface area contributed by atoms with Crippen molar-refractivity contribution in [3.63, 3.8) is 0 Å². The minimum Gasteiger partial charge on any atom is -0.489 e. The van der Waals surface area contributed by atoms with Crippen molar-refractivity contribution in [1.82, 2.24) is 5.32 Å². The molecule has 0 aliphatic heterocycles. The lowest BCUT2D eigenvalue weighted by atomic mass is 10.1. The predicted octanol–water partition coefficient (Wildman–Crippen LogP) is 4.48. The Balaban J connectivity index is 1.53. The normalized spacial score (nSPS) is 21.6. The van der Waals surface area contributed by atoms with E-state index in [0.29, 0.717) is 24.8 Å². The van der Waals surface area contributed by atoms with Gasteiger partial charge in [0.1, 0.15) is 12.4 Å². The zero-order valence-electron chi connectivity index (χ0n) is 14.6. The van der Waals surface area contributed by atoms with Crippen LogP contribution >= 0.6 is 0 Å². The van der Waals surface area contributed by atoms with E-state index in [9.17, 15) is 0 Å². The highest BCUT2D eigenvalue weighted by Gasteiger charge is 2.28. The van der Waals surface area contributed by atoms with E-state index in [-0.39, 0.29) is 0 Å². The Bertz CT molecular complexity index is 611. The summed E-state index contributed by atoms with van der Waals surface area (Å²) in [5.41, 5.74) is 2.47. The van der Waals surface area contributed by atoms with Crippen molar-refractivity contribution in [3.8, 4) is 5.75 Å². The maximum atomic E-state index is 5.85. The van der Waals surface area contributed by atoms with Gasteiger partial charge in [0.2, 0.25) is 0 Å². The van der Waals surface area contributed by atoms with E-state index in [1.807, 2.05) is 25.3 Å². The average molecular weight is 325 g/mol. The topological polar surface area (TPSA) is 30.5 Å². The molecule has 1 fully saturated rings. The number of ether oxygens (including phenoxy) is 2. The van der Waals surface area contributed by atoms with Gasteiger partial charge in [0.25, 0.3) is 0 Å². The maximum absolute atomic E-state index is 5.85. The van der Waals surface area contributed by atoms with Crippen molar-refractivity contribution in [2.24, 2.45) is 0 Å². The monoisotopic (exact) mass is 325 g/mol. The SMILES string of the molecule is COC1CCCC1NC(C)c1ccc(OCc2ccccc2)cc1. The third-order valence-corrected chi connectivity index (χ3v) is 4.85. The van der Waals surface area contributed by atoms with Crippen LogP contribution in [0.1, 0.15) is 43.4 Å². The molecule has 1 saturated carbocycles. The van der Waals surface area contributed by atoms with Crippen molar-refractivity contribution in [2.45, 2.75) is 51.0 Å². The molecule has 3 rings (SSSR count). The number of hydrogen-bond donors (Lipinski definition) is 1. The summed E-state index contributed by atoms with van der Waals surface area (Å²) in [6.07, 6.45) is 3.95. The minimum atomic E-state index is 0.314. The van der Waals surface area contributed by atoms with Gasteiger partial charge < -0.3 is 14.8 Å². The predicted molar refractivity (Wildman–Crippen MR) is 97.2 cm³/mol. The van der Waals surface area contributed by atoms with Gasteiger partial charge in [-0.05, 0) is 49.4 Å². The summed E-state index contributed by atoms with van der Waals surface area (Å²) in [5.74, 6) is 0.908. The van der Waals surface area contributed by atoms with Crippen molar-refractivity contribution < 1.29 is 9.47 Å². The fourth-order valence-electron chi connectivity index (χ4n) is 3.41. The van der Waals surface area contributed by atoms with Gasteiger partial charge in [-0.1, -0.05) is 42.5 Å². The summed E-state index contributed by atoms with van der Waals surface area (Å²) in [6.45, 7) is 2.82. The summed E-state index contributed by atoms with van der Waals surface area (Å²) < 4.78 is 11.4. The molecule has 3 atom stereocenters. The lowest BCUT2D eigenvalue weighted by molar-refractivity contribution is 0.0820. The lowest BCUT2D eigenvalue weighted by Gasteiger charge is -2.24. The molecule has 1 N–H and O–H groups in total. The molecule has 1 aliphatic carbocycles. The molecule has 1 aliphatic rings. The second-order valence-corrected chi connectivity index (χ2v) is 6.54. The lowest BCUT2D eigenvalue weighted by Crippen LogP contribution is -2.38. The summed E-state index contributed by atoms with van der Waals surface area (Å²) in [6, 6.07) is 19.4. The van der Waals surface area contributed by atoms with Crippen molar-refractivity contribution in [3.05, 3.63) is 65.7 Å². The van der Waals surface area contributed by atoms with Crippen LogP contribution in [0.3, 0.4) is 0 Å². The molecule has 0 radical (unpaired) electrons. The Labute approximate surface area is 145 Å². The molecule has 0 saturated heterocycles. The number of rotatable bonds is 7. The molecule has 0 aromatic heterocycles. The van der Waals surface area contributed by atoms with Gasteiger partial charge >= 0.3 is 0 Å². The summed E-state index contributed by atoms with van der Waals surface area (Å²) in [5, 5.41) is 3.71. The molecular weight excluding hydrogens is 298 g/mol. The molecule has 3 nitrogen and oxygen atoms in total. The molecule has 24 heavy (non-hydrogen) atoms. The minimum absolute atomic E-state index is 0.314. The van der Waals surface area contributed by atoms with Gasteiger partial charge in [0.15, 0.2) is 0 Å². The van der Waals surface area contributed by atoms with Gasteiger partial charge in [-0.25, -0.2) is 0 Å². The van der Waals surface area contributed by atoms with Crippen LogP contribution in [0.5, 0.6) is 5.75 Å². The van der Waals surface area contributed by atoms with Crippen LogP contribution in [0.25, 0.3) is 0 Å². The van der Waals surface area contributed by atoms with Crippen molar-refractivity contribution in [1.29, 1.82) is 0 Å². The molecule has 0 amide bonds. The van der Waals surface area contributed by atoms with E-state index >= 15 is 0 Å². The molecule has 2 aromatic carbocycles. The van der Waals surface area contributed by atoms with Crippen LogP contribution in [0.15, 0.2) is 54.6 Å². The fourth-order valence-corrected chi connectivity index (χ4v) is 3.41. The largest absolute Gasteiger partial charge is 0.489 e. The highest BCUT2D eigenvalue weighted by molar-refractivity contribution is 5.29. The van der Waals surface area contributed by atoms with E-state index < -0.39 is 0 Å². The number of nitrogens with one attached hydrogen (secondary N) is 1.